The SMILES string of the molecule is Cc1cc(C)c2sc(N(CCN(C)C)C(=O)c3ccco3)nc2c1. The van der Waals surface area contributed by atoms with Crippen molar-refractivity contribution in [2.75, 3.05) is 32.1 Å². The van der Waals surface area contributed by atoms with Crippen molar-refractivity contribution in [2.45, 2.75) is 13.8 Å². The van der Waals surface area contributed by atoms with E-state index in [1.54, 1.807) is 28.4 Å². The molecule has 3 aromatic rings. The van der Waals surface area contributed by atoms with E-state index in [2.05, 4.69) is 26.0 Å². The average molecular weight is 343 g/mol. The van der Waals surface area contributed by atoms with Crippen LogP contribution in [0.2, 0.25) is 0 Å². The second-order valence-corrected chi connectivity index (χ2v) is 7.14. The van der Waals surface area contributed by atoms with Crippen LogP contribution in [0, 0.1) is 13.8 Å². The maximum absolute atomic E-state index is 12.8. The molecule has 6 heteroatoms. The first kappa shape index (κ1) is 16.7. The van der Waals surface area contributed by atoms with Gasteiger partial charge >= 0.3 is 0 Å². The van der Waals surface area contributed by atoms with Crippen molar-refractivity contribution in [3.8, 4) is 0 Å². The van der Waals surface area contributed by atoms with Crippen LogP contribution in [0.5, 0.6) is 0 Å². The molecular weight excluding hydrogens is 322 g/mol. The Bertz CT molecular complexity index is 853. The summed E-state index contributed by atoms with van der Waals surface area (Å²) in [6.07, 6.45) is 1.52. The van der Waals surface area contributed by atoms with Crippen molar-refractivity contribution in [3.05, 3.63) is 47.4 Å². The van der Waals surface area contributed by atoms with Crippen LogP contribution in [0.3, 0.4) is 0 Å². The van der Waals surface area contributed by atoms with Gasteiger partial charge in [0.2, 0.25) is 0 Å². The summed E-state index contributed by atoms with van der Waals surface area (Å²) >= 11 is 1.55. The maximum atomic E-state index is 12.8. The molecular formula is C18H21N3O2S. The number of likely N-dealkylation sites (N-methyl/N-ethyl adjacent to an activating group) is 1. The summed E-state index contributed by atoms with van der Waals surface area (Å²) in [6.45, 7) is 5.45. The van der Waals surface area contributed by atoms with Crippen LogP contribution in [-0.4, -0.2) is 43.0 Å². The van der Waals surface area contributed by atoms with Gasteiger partial charge < -0.3 is 9.32 Å². The first-order valence-electron chi connectivity index (χ1n) is 7.83. The Hall–Kier alpha value is -2.18. The van der Waals surface area contributed by atoms with Crippen molar-refractivity contribution in [3.63, 3.8) is 0 Å². The van der Waals surface area contributed by atoms with Gasteiger partial charge in [0.15, 0.2) is 10.9 Å². The molecule has 0 radical (unpaired) electrons. The van der Waals surface area contributed by atoms with E-state index in [1.807, 2.05) is 19.0 Å². The molecule has 5 nitrogen and oxygen atoms in total. The Morgan fingerprint density at radius 2 is 2.04 bits per heavy atom. The lowest BCUT2D eigenvalue weighted by Gasteiger charge is -2.20. The number of benzene rings is 1. The Morgan fingerprint density at radius 3 is 2.71 bits per heavy atom. The molecule has 1 amide bonds. The summed E-state index contributed by atoms with van der Waals surface area (Å²) in [5, 5.41) is 0.710. The third kappa shape index (κ3) is 3.34. The normalized spacial score (nSPS) is 11.4. The number of aromatic nitrogens is 1. The molecule has 0 aliphatic carbocycles. The fourth-order valence-electron chi connectivity index (χ4n) is 2.60. The Balaban J connectivity index is 2.01. The first-order chi connectivity index (χ1) is 11.5. The third-order valence-electron chi connectivity index (χ3n) is 3.79. The number of hydrogen-bond donors (Lipinski definition) is 0. The Labute approximate surface area is 145 Å². The number of amides is 1. The van der Waals surface area contributed by atoms with E-state index in [9.17, 15) is 4.79 Å². The number of aryl methyl sites for hydroxylation is 2. The molecule has 1 aromatic carbocycles. The van der Waals surface area contributed by atoms with Crippen LogP contribution in [0.1, 0.15) is 21.7 Å². The van der Waals surface area contributed by atoms with Gasteiger partial charge in [-0.05, 0) is 57.3 Å². The lowest BCUT2D eigenvalue weighted by atomic mass is 10.1. The summed E-state index contributed by atoms with van der Waals surface area (Å²) in [7, 11) is 3.98. The monoisotopic (exact) mass is 343 g/mol. The van der Waals surface area contributed by atoms with Crippen molar-refractivity contribution in [1.29, 1.82) is 0 Å². The standard InChI is InChI=1S/C18H21N3O2S/c1-12-10-13(2)16-14(11-12)19-18(24-16)21(8-7-20(3)4)17(22)15-6-5-9-23-15/h5-6,9-11H,7-8H2,1-4H3. The van der Waals surface area contributed by atoms with E-state index in [0.717, 1.165) is 16.8 Å². The van der Waals surface area contributed by atoms with Crippen LogP contribution in [0.4, 0.5) is 5.13 Å². The molecule has 0 atom stereocenters. The number of rotatable bonds is 5. The third-order valence-corrected chi connectivity index (χ3v) is 5.02. The highest BCUT2D eigenvalue weighted by molar-refractivity contribution is 7.22. The molecule has 0 fully saturated rings. The zero-order chi connectivity index (χ0) is 17.3. The first-order valence-corrected chi connectivity index (χ1v) is 8.65. The molecule has 0 aliphatic rings. The van der Waals surface area contributed by atoms with Gasteiger partial charge in [-0.25, -0.2) is 4.98 Å². The van der Waals surface area contributed by atoms with E-state index in [1.165, 1.54) is 17.4 Å². The molecule has 0 unspecified atom stereocenters. The van der Waals surface area contributed by atoms with Crippen molar-refractivity contribution >= 4 is 32.6 Å². The zero-order valence-corrected chi connectivity index (χ0v) is 15.2. The number of thiazole rings is 1. The van der Waals surface area contributed by atoms with Gasteiger partial charge in [-0.3, -0.25) is 9.69 Å². The molecule has 0 aliphatic heterocycles. The quantitative estimate of drug-likeness (QED) is 0.708. The highest BCUT2D eigenvalue weighted by Gasteiger charge is 2.23. The minimum atomic E-state index is -0.157. The molecule has 0 saturated heterocycles. The fraction of sp³-hybridized carbons (Fsp3) is 0.333. The molecule has 2 heterocycles. The van der Waals surface area contributed by atoms with E-state index < -0.39 is 0 Å². The van der Waals surface area contributed by atoms with Gasteiger partial charge in [-0.2, -0.15) is 0 Å². The molecule has 0 bridgehead atoms. The molecule has 24 heavy (non-hydrogen) atoms. The summed E-state index contributed by atoms with van der Waals surface area (Å²) < 4.78 is 6.42. The largest absolute Gasteiger partial charge is 0.459 e. The van der Waals surface area contributed by atoms with Gasteiger partial charge in [0.1, 0.15) is 0 Å². The minimum Gasteiger partial charge on any atom is -0.459 e. The van der Waals surface area contributed by atoms with Crippen LogP contribution < -0.4 is 4.90 Å². The number of anilines is 1. The van der Waals surface area contributed by atoms with Crippen molar-refractivity contribution < 1.29 is 9.21 Å². The second kappa shape index (κ2) is 6.75. The topological polar surface area (TPSA) is 49.6 Å². The van der Waals surface area contributed by atoms with Gasteiger partial charge in [-0.15, -0.1) is 0 Å². The molecule has 2 aromatic heterocycles. The highest BCUT2D eigenvalue weighted by atomic mass is 32.1. The Morgan fingerprint density at radius 1 is 1.25 bits per heavy atom. The predicted octanol–water partition coefficient (Wildman–Crippen LogP) is 3.71. The minimum absolute atomic E-state index is 0.157. The van der Waals surface area contributed by atoms with E-state index in [0.29, 0.717) is 17.4 Å². The van der Waals surface area contributed by atoms with Crippen molar-refractivity contribution in [1.82, 2.24) is 9.88 Å². The van der Waals surface area contributed by atoms with E-state index >= 15 is 0 Å². The van der Waals surface area contributed by atoms with E-state index in [4.69, 9.17) is 9.40 Å². The maximum Gasteiger partial charge on any atom is 0.295 e. The summed E-state index contributed by atoms with van der Waals surface area (Å²) in [6, 6.07) is 7.61. The number of carbonyl (C=O) groups is 1. The van der Waals surface area contributed by atoms with Crippen LogP contribution in [0.15, 0.2) is 34.9 Å². The summed E-state index contributed by atoms with van der Waals surface area (Å²) in [5.74, 6) is 0.177. The molecule has 0 N–H and O–H groups in total. The smallest absolute Gasteiger partial charge is 0.295 e. The van der Waals surface area contributed by atoms with Crippen molar-refractivity contribution in [2.24, 2.45) is 0 Å². The van der Waals surface area contributed by atoms with Gasteiger partial charge in [0, 0.05) is 13.1 Å². The average Bonchev–Trinajstić information content (AvgIpc) is 3.16. The molecule has 126 valence electrons. The summed E-state index contributed by atoms with van der Waals surface area (Å²) in [4.78, 5) is 21.3. The highest BCUT2D eigenvalue weighted by Crippen LogP contribution is 2.32. The van der Waals surface area contributed by atoms with Gasteiger partial charge in [0.25, 0.3) is 5.91 Å². The molecule has 3 rings (SSSR count). The van der Waals surface area contributed by atoms with Crippen LogP contribution in [0.25, 0.3) is 10.2 Å². The van der Waals surface area contributed by atoms with E-state index in [-0.39, 0.29) is 5.91 Å². The summed E-state index contributed by atoms with van der Waals surface area (Å²) in [5.41, 5.74) is 3.30. The molecule has 0 spiro atoms. The Kier molecular flexibility index (Phi) is 4.69. The second-order valence-electron chi connectivity index (χ2n) is 6.16. The zero-order valence-electron chi connectivity index (χ0n) is 14.4. The number of fused-ring (bicyclic) bond motifs is 1. The lowest BCUT2D eigenvalue weighted by Crippen LogP contribution is -2.36. The number of hydrogen-bond acceptors (Lipinski definition) is 5. The van der Waals surface area contributed by atoms with Crippen LogP contribution in [-0.2, 0) is 0 Å². The lowest BCUT2D eigenvalue weighted by molar-refractivity contribution is 0.0958. The van der Waals surface area contributed by atoms with Gasteiger partial charge in [-0.1, -0.05) is 17.4 Å². The van der Waals surface area contributed by atoms with Gasteiger partial charge in [0.05, 0.1) is 16.5 Å². The fourth-order valence-corrected chi connectivity index (χ4v) is 3.64. The predicted molar refractivity (Wildman–Crippen MR) is 98.0 cm³/mol. The number of furan rings is 1. The molecule has 0 saturated carbocycles. The number of carbonyl (C=O) groups excluding carboxylic acids is 1. The number of nitrogens with zero attached hydrogens (tertiary/aromatic N) is 3. The van der Waals surface area contributed by atoms with Crippen LogP contribution >= 0.6 is 11.3 Å².